The largest absolute Gasteiger partial charge is 0.478 e. The fourth-order valence-electron chi connectivity index (χ4n) is 1.79. The van der Waals surface area contributed by atoms with Crippen molar-refractivity contribution >= 4 is 17.6 Å². The zero-order chi connectivity index (χ0) is 13.1. The number of aromatic nitrogens is 2. The minimum atomic E-state index is -0.974. The molecule has 1 heterocycles. The number of halogens is 1. The number of hydrogen-bond acceptors (Lipinski definition) is 2. The Morgan fingerprint density at radius 3 is 2.89 bits per heavy atom. The van der Waals surface area contributed by atoms with Crippen LogP contribution in [0.2, 0.25) is 5.02 Å². The smallest absolute Gasteiger partial charge is 0.335 e. The minimum absolute atomic E-state index is 0.197. The van der Waals surface area contributed by atoms with Gasteiger partial charge in [0.05, 0.1) is 5.56 Å². The first kappa shape index (κ1) is 12.6. The van der Waals surface area contributed by atoms with E-state index in [-0.39, 0.29) is 5.56 Å². The Balaban J connectivity index is 2.27. The van der Waals surface area contributed by atoms with E-state index in [1.54, 1.807) is 18.3 Å². The van der Waals surface area contributed by atoms with Gasteiger partial charge < -0.3 is 9.67 Å². The van der Waals surface area contributed by atoms with E-state index in [1.165, 1.54) is 6.07 Å². The first-order chi connectivity index (χ1) is 8.61. The predicted octanol–water partition coefficient (Wildman–Crippen LogP) is 2.85. The molecule has 1 N–H and O–H groups in total. The number of aromatic carboxylic acids is 1. The molecule has 0 radical (unpaired) electrons. The number of carboxylic acid groups (broad SMARTS) is 1. The van der Waals surface area contributed by atoms with Crippen molar-refractivity contribution in [1.82, 2.24) is 9.55 Å². The molecule has 1 aromatic carbocycles. The van der Waals surface area contributed by atoms with E-state index < -0.39 is 5.97 Å². The van der Waals surface area contributed by atoms with Crippen molar-refractivity contribution in [3.8, 4) is 0 Å². The Bertz CT molecular complexity index is 578. The Hall–Kier alpha value is -1.81. The molecule has 0 fully saturated rings. The normalized spacial score (nSPS) is 10.6. The molecule has 5 heteroatoms. The number of benzene rings is 1. The van der Waals surface area contributed by atoms with Crippen molar-refractivity contribution in [3.63, 3.8) is 0 Å². The van der Waals surface area contributed by atoms with Gasteiger partial charge in [-0.25, -0.2) is 9.78 Å². The van der Waals surface area contributed by atoms with Gasteiger partial charge in [0.2, 0.25) is 0 Å². The molecule has 2 rings (SSSR count). The van der Waals surface area contributed by atoms with Gasteiger partial charge in [0, 0.05) is 30.4 Å². The molecule has 0 bridgehead atoms. The van der Waals surface area contributed by atoms with Crippen LogP contribution in [-0.2, 0) is 13.0 Å². The van der Waals surface area contributed by atoms with E-state index in [9.17, 15) is 4.79 Å². The number of imidazole rings is 1. The summed E-state index contributed by atoms with van der Waals surface area (Å²) in [6.45, 7) is 2.89. The summed E-state index contributed by atoms with van der Waals surface area (Å²) in [5, 5.41) is 9.32. The van der Waals surface area contributed by atoms with Gasteiger partial charge in [0.25, 0.3) is 0 Å². The minimum Gasteiger partial charge on any atom is -0.478 e. The molecule has 4 nitrogen and oxygen atoms in total. The molecule has 94 valence electrons. The maximum Gasteiger partial charge on any atom is 0.335 e. The van der Waals surface area contributed by atoms with E-state index in [0.29, 0.717) is 11.4 Å². The Morgan fingerprint density at radius 2 is 2.28 bits per heavy atom. The highest BCUT2D eigenvalue weighted by Crippen LogP contribution is 2.20. The highest BCUT2D eigenvalue weighted by atomic mass is 35.5. The van der Waals surface area contributed by atoms with Crippen LogP contribution in [0.25, 0.3) is 0 Å². The fourth-order valence-corrected chi connectivity index (χ4v) is 2.04. The van der Waals surface area contributed by atoms with E-state index in [2.05, 4.69) is 4.98 Å². The summed E-state index contributed by atoms with van der Waals surface area (Å²) in [4.78, 5) is 15.1. The number of hydrogen-bond donors (Lipinski definition) is 1. The van der Waals surface area contributed by atoms with Crippen LogP contribution in [0.3, 0.4) is 0 Å². The molecule has 1 aromatic heterocycles. The molecule has 0 saturated heterocycles. The molecular weight excluding hydrogens is 252 g/mol. The number of nitrogens with zero attached hydrogens (tertiary/aromatic N) is 2. The zero-order valence-corrected chi connectivity index (χ0v) is 10.7. The van der Waals surface area contributed by atoms with Crippen LogP contribution in [0, 0.1) is 0 Å². The fraction of sp³-hybridized carbons (Fsp3) is 0.231. The Kier molecular flexibility index (Phi) is 3.67. The summed E-state index contributed by atoms with van der Waals surface area (Å²) in [7, 11) is 0. The topological polar surface area (TPSA) is 55.1 Å². The SMILES string of the molecule is CCn1ccnc1Cc1ccc(C(=O)O)cc1Cl. The van der Waals surface area contributed by atoms with Gasteiger partial charge in [-0.2, -0.15) is 0 Å². The van der Waals surface area contributed by atoms with Crippen molar-refractivity contribution in [1.29, 1.82) is 0 Å². The average molecular weight is 265 g/mol. The van der Waals surface area contributed by atoms with Gasteiger partial charge in [0.15, 0.2) is 0 Å². The van der Waals surface area contributed by atoms with Gasteiger partial charge in [-0.1, -0.05) is 17.7 Å². The summed E-state index contributed by atoms with van der Waals surface area (Å²) >= 11 is 6.09. The number of aryl methyl sites for hydroxylation is 1. The second-order valence-electron chi connectivity index (χ2n) is 3.92. The molecule has 0 saturated carbocycles. The van der Waals surface area contributed by atoms with E-state index in [0.717, 1.165) is 17.9 Å². The van der Waals surface area contributed by atoms with Crippen LogP contribution in [0.4, 0.5) is 0 Å². The number of carbonyl (C=O) groups is 1. The third-order valence-corrected chi connectivity index (χ3v) is 3.14. The maximum atomic E-state index is 10.8. The van der Waals surface area contributed by atoms with E-state index in [1.807, 2.05) is 17.7 Å². The van der Waals surface area contributed by atoms with Gasteiger partial charge in [0.1, 0.15) is 5.82 Å². The molecule has 0 aliphatic rings. The summed E-state index contributed by atoms with van der Waals surface area (Å²) in [6, 6.07) is 4.77. The second-order valence-corrected chi connectivity index (χ2v) is 4.32. The molecule has 2 aromatic rings. The van der Waals surface area contributed by atoms with Crippen molar-refractivity contribution < 1.29 is 9.90 Å². The van der Waals surface area contributed by atoms with Crippen molar-refractivity contribution in [2.75, 3.05) is 0 Å². The van der Waals surface area contributed by atoms with Crippen LogP contribution in [0.1, 0.15) is 28.7 Å². The Labute approximate surface area is 110 Å². The lowest BCUT2D eigenvalue weighted by Crippen LogP contribution is -2.03. The van der Waals surface area contributed by atoms with Crippen molar-refractivity contribution in [2.24, 2.45) is 0 Å². The third-order valence-electron chi connectivity index (χ3n) is 2.79. The quantitative estimate of drug-likeness (QED) is 0.924. The zero-order valence-electron chi connectivity index (χ0n) is 9.93. The first-order valence-corrected chi connectivity index (χ1v) is 6.01. The standard InChI is InChI=1S/C13H13ClN2O2/c1-2-16-6-5-15-12(16)8-9-3-4-10(13(17)18)7-11(9)14/h3-7H,2,8H2,1H3,(H,17,18). The predicted molar refractivity (Wildman–Crippen MR) is 69.1 cm³/mol. The van der Waals surface area contributed by atoms with E-state index in [4.69, 9.17) is 16.7 Å². The molecule has 0 aliphatic carbocycles. The summed E-state index contributed by atoms with van der Waals surface area (Å²) in [6.07, 6.45) is 4.26. The van der Waals surface area contributed by atoms with Crippen LogP contribution in [0.5, 0.6) is 0 Å². The van der Waals surface area contributed by atoms with Crippen molar-refractivity contribution in [3.05, 3.63) is 52.6 Å². The molecule has 0 amide bonds. The third kappa shape index (κ3) is 2.54. The summed E-state index contributed by atoms with van der Waals surface area (Å²) < 4.78 is 2.03. The van der Waals surface area contributed by atoms with Gasteiger partial charge in [-0.05, 0) is 24.6 Å². The molecular formula is C13H13ClN2O2. The van der Waals surface area contributed by atoms with Crippen molar-refractivity contribution in [2.45, 2.75) is 19.9 Å². The monoisotopic (exact) mass is 264 g/mol. The molecule has 0 unspecified atom stereocenters. The maximum absolute atomic E-state index is 10.8. The highest BCUT2D eigenvalue weighted by Gasteiger charge is 2.09. The summed E-state index contributed by atoms with van der Waals surface area (Å²) in [5.41, 5.74) is 1.07. The van der Waals surface area contributed by atoms with Crippen LogP contribution >= 0.6 is 11.6 Å². The lowest BCUT2D eigenvalue weighted by molar-refractivity contribution is 0.0697. The molecule has 0 atom stereocenters. The summed E-state index contributed by atoms with van der Waals surface area (Å²) in [5.74, 6) is -0.0546. The van der Waals surface area contributed by atoms with Gasteiger partial charge >= 0.3 is 5.97 Å². The molecule has 18 heavy (non-hydrogen) atoms. The second kappa shape index (κ2) is 5.23. The average Bonchev–Trinajstić information content (AvgIpc) is 2.78. The highest BCUT2D eigenvalue weighted by molar-refractivity contribution is 6.31. The molecule has 0 aliphatic heterocycles. The van der Waals surface area contributed by atoms with Crippen LogP contribution in [0.15, 0.2) is 30.6 Å². The van der Waals surface area contributed by atoms with Gasteiger partial charge in [-0.3, -0.25) is 0 Å². The molecule has 0 spiro atoms. The van der Waals surface area contributed by atoms with Crippen LogP contribution < -0.4 is 0 Å². The lowest BCUT2D eigenvalue weighted by Gasteiger charge is -2.07. The first-order valence-electron chi connectivity index (χ1n) is 5.63. The Morgan fingerprint density at radius 1 is 1.50 bits per heavy atom. The lowest BCUT2D eigenvalue weighted by atomic mass is 10.1. The van der Waals surface area contributed by atoms with E-state index >= 15 is 0 Å². The van der Waals surface area contributed by atoms with Gasteiger partial charge in [-0.15, -0.1) is 0 Å². The van der Waals surface area contributed by atoms with Crippen LogP contribution in [-0.4, -0.2) is 20.6 Å². The number of rotatable bonds is 4. The number of carboxylic acids is 1.